The molecule has 4 rings (SSSR count). The maximum absolute atomic E-state index is 12.7. The van der Waals surface area contributed by atoms with Crippen molar-refractivity contribution in [1.82, 2.24) is 9.88 Å². The van der Waals surface area contributed by atoms with Crippen LogP contribution in [0.15, 0.2) is 24.3 Å². The van der Waals surface area contributed by atoms with Crippen LogP contribution >= 0.6 is 11.3 Å². The molecule has 1 aliphatic carbocycles. The fourth-order valence-electron chi connectivity index (χ4n) is 3.84. The minimum absolute atomic E-state index is 0.239. The molecule has 3 atom stereocenters. The summed E-state index contributed by atoms with van der Waals surface area (Å²) in [4.78, 5) is 18.9. The Hall–Kier alpha value is -1.50. The minimum atomic E-state index is -1.44. The molecule has 2 N–H and O–H groups in total. The zero-order valence-electron chi connectivity index (χ0n) is 13.5. The fourth-order valence-corrected chi connectivity index (χ4v) is 4.82. The molecule has 128 valence electrons. The summed E-state index contributed by atoms with van der Waals surface area (Å²) in [5, 5.41) is 21.3. The molecule has 1 aromatic heterocycles. The Labute approximate surface area is 144 Å². The number of para-hydroxylation sites is 1. The van der Waals surface area contributed by atoms with Crippen LogP contribution in [0.3, 0.4) is 0 Å². The molecule has 24 heavy (non-hydrogen) atoms. The molecule has 1 saturated carbocycles. The highest BCUT2D eigenvalue weighted by Crippen LogP contribution is 2.38. The Morgan fingerprint density at radius 1 is 1.21 bits per heavy atom. The summed E-state index contributed by atoms with van der Waals surface area (Å²) in [7, 11) is 0. The summed E-state index contributed by atoms with van der Waals surface area (Å²) >= 11 is 1.32. The maximum Gasteiger partial charge on any atom is 0.254 e. The molecule has 6 heteroatoms. The number of aromatic nitrogens is 1. The highest BCUT2D eigenvalue weighted by molar-refractivity contribution is 7.18. The van der Waals surface area contributed by atoms with E-state index in [2.05, 4.69) is 4.98 Å². The van der Waals surface area contributed by atoms with Gasteiger partial charge in [0, 0.05) is 12.6 Å². The van der Waals surface area contributed by atoms with Crippen molar-refractivity contribution >= 4 is 27.5 Å². The number of nitrogens with zero attached hydrogens (tertiary/aromatic N) is 2. The number of rotatable bonds is 4. The summed E-state index contributed by atoms with van der Waals surface area (Å²) in [6.45, 7) is 0.684. The van der Waals surface area contributed by atoms with Crippen LogP contribution in [-0.2, 0) is 4.79 Å². The quantitative estimate of drug-likeness (QED) is 0.892. The lowest BCUT2D eigenvalue weighted by molar-refractivity contribution is -0.148. The first-order chi connectivity index (χ1) is 11.6. The van der Waals surface area contributed by atoms with Crippen molar-refractivity contribution < 1.29 is 15.0 Å². The van der Waals surface area contributed by atoms with Crippen LogP contribution in [0.25, 0.3) is 10.2 Å². The summed E-state index contributed by atoms with van der Waals surface area (Å²) in [5.74, 6) is 0.222. The van der Waals surface area contributed by atoms with Gasteiger partial charge in [0.1, 0.15) is 11.1 Å². The van der Waals surface area contributed by atoms with E-state index in [0.29, 0.717) is 17.5 Å². The van der Waals surface area contributed by atoms with Gasteiger partial charge >= 0.3 is 0 Å². The van der Waals surface area contributed by atoms with Crippen molar-refractivity contribution in [2.24, 2.45) is 5.92 Å². The molecule has 2 fully saturated rings. The molecule has 2 aliphatic rings. The molecular weight excluding hydrogens is 324 g/mol. The Morgan fingerprint density at radius 2 is 2.00 bits per heavy atom. The molecule has 1 aromatic carbocycles. The Bertz CT molecular complexity index is 710. The molecule has 1 aliphatic heterocycles. The topological polar surface area (TPSA) is 73.7 Å². The molecule has 0 radical (unpaired) electrons. The molecule has 5 nitrogen and oxygen atoms in total. The van der Waals surface area contributed by atoms with Crippen LogP contribution in [0.4, 0.5) is 0 Å². The third kappa shape index (κ3) is 2.72. The van der Waals surface area contributed by atoms with Gasteiger partial charge in [-0.05, 0) is 43.7 Å². The standard InChI is InChI=1S/C18H22N2O3S/c21-15(17-19-12-7-1-2-9-14(12)24-17)16(22)18(23)20-10-4-8-13(20)11-5-3-6-11/h1-2,7,9,11,13,15-16,21-22H,3-6,8,10H2. The molecular formula is C18H22N2O3S. The summed E-state index contributed by atoms with van der Waals surface area (Å²) in [5.41, 5.74) is 0.782. The number of amides is 1. The largest absolute Gasteiger partial charge is 0.383 e. The van der Waals surface area contributed by atoms with E-state index >= 15 is 0 Å². The van der Waals surface area contributed by atoms with Crippen LogP contribution < -0.4 is 0 Å². The maximum atomic E-state index is 12.7. The number of fused-ring (bicyclic) bond motifs is 1. The van der Waals surface area contributed by atoms with Crippen molar-refractivity contribution in [3.8, 4) is 0 Å². The van der Waals surface area contributed by atoms with Crippen LogP contribution in [-0.4, -0.2) is 44.7 Å². The van der Waals surface area contributed by atoms with Gasteiger partial charge in [0.15, 0.2) is 6.10 Å². The average molecular weight is 346 g/mol. The predicted octanol–water partition coefficient (Wildman–Crippen LogP) is 2.48. The van der Waals surface area contributed by atoms with Gasteiger partial charge in [0.05, 0.1) is 10.2 Å². The fraction of sp³-hybridized carbons (Fsp3) is 0.556. The second-order valence-corrected chi connectivity index (χ2v) is 7.90. The van der Waals surface area contributed by atoms with E-state index in [0.717, 1.165) is 23.1 Å². The monoisotopic (exact) mass is 346 g/mol. The van der Waals surface area contributed by atoms with Gasteiger partial charge in [-0.25, -0.2) is 4.98 Å². The number of aliphatic hydroxyl groups is 2. The summed E-state index contributed by atoms with van der Waals surface area (Å²) < 4.78 is 0.944. The number of carbonyl (C=O) groups excluding carboxylic acids is 1. The lowest BCUT2D eigenvalue weighted by atomic mass is 9.78. The number of aliphatic hydroxyl groups excluding tert-OH is 2. The van der Waals surface area contributed by atoms with Crippen molar-refractivity contribution in [2.75, 3.05) is 6.54 Å². The Kier molecular flexibility index (Phi) is 4.28. The van der Waals surface area contributed by atoms with Crippen molar-refractivity contribution in [3.05, 3.63) is 29.3 Å². The molecule has 3 unspecified atom stereocenters. The zero-order valence-corrected chi connectivity index (χ0v) is 14.3. The zero-order chi connectivity index (χ0) is 16.7. The van der Waals surface area contributed by atoms with Crippen LogP contribution in [0.2, 0.25) is 0 Å². The molecule has 2 heterocycles. The van der Waals surface area contributed by atoms with Gasteiger partial charge in [0.2, 0.25) is 0 Å². The van der Waals surface area contributed by atoms with Gasteiger partial charge in [0.25, 0.3) is 5.91 Å². The van der Waals surface area contributed by atoms with Crippen LogP contribution in [0.5, 0.6) is 0 Å². The Morgan fingerprint density at radius 3 is 2.71 bits per heavy atom. The van der Waals surface area contributed by atoms with E-state index in [1.54, 1.807) is 4.90 Å². The number of hydrogen-bond acceptors (Lipinski definition) is 5. The highest BCUT2D eigenvalue weighted by Gasteiger charge is 2.41. The van der Waals surface area contributed by atoms with Crippen LogP contribution in [0, 0.1) is 5.92 Å². The lowest BCUT2D eigenvalue weighted by Crippen LogP contribution is -2.48. The van der Waals surface area contributed by atoms with Crippen molar-refractivity contribution in [1.29, 1.82) is 0 Å². The first-order valence-corrected chi connectivity index (χ1v) is 9.49. The normalized spacial score (nSPS) is 24.1. The number of benzene rings is 1. The van der Waals surface area contributed by atoms with E-state index in [-0.39, 0.29) is 11.9 Å². The third-order valence-corrected chi connectivity index (χ3v) is 6.50. The second kappa shape index (κ2) is 6.43. The number of likely N-dealkylation sites (tertiary alicyclic amines) is 1. The van der Waals surface area contributed by atoms with E-state index in [9.17, 15) is 15.0 Å². The smallest absolute Gasteiger partial charge is 0.254 e. The predicted molar refractivity (Wildman–Crippen MR) is 92.7 cm³/mol. The van der Waals surface area contributed by atoms with Gasteiger partial charge < -0.3 is 15.1 Å². The first-order valence-electron chi connectivity index (χ1n) is 8.67. The summed E-state index contributed by atoms with van der Waals surface area (Å²) in [6.07, 6.45) is 2.87. The van der Waals surface area contributed by atoms with Crippen molar-refractivity contribution in [2.45, 2.75) is 50.4 Å². The molecule has 0 bridgehead atoms. The van der Waals surface area contributed by atoms with Gasteiger partial charge in [-0.15, -0.1) is 11.3 Å². The van der Waals surface area contributed by atoms with Gasteiger partial charge in [-0.1, -0.05) is 18.6 Å². The molecule has 2 aromatic rings. The summed E-state index contributed by atoms with van der Waals surface area (Å²) in [6, 6.07) is 7.82. The Balaban J connectivity index is 1.51. The van der Waals surface area contributed by atoms with Crippen LogP contribution in [0.1, 0.15) is 43.2 Å². The second-order valence-electron chi connectivity index (χ2n) is 6.84. The van der Waals surface area contributed by atoms with E-state index in [4.69, 9.17) is 0 Å². The van der Waals surface area contributed by atoms with E-state index < -0.39 is 12.2 Å². The SMILES string of the molecule is O=C(C(O)C(O)c1nc2ccccc2s1)N1CCCC1C1CCC1. The van der Waals surface area contributed by atoms with E-state index in [1.807, 2.05) is 24.3 Å². The molecule has 0 spiro atoms. The number of carbonyl (C=O) groups is 1. The minimum Gasteiger partial charge on any atom is -0.383 e. The van der Waals surface area contributed by atoms with Gasteiger partial charge in [-0.3, -0.25) is 4.79 Å². The van der Waals surface area contributed by atoms with Crippen molar-refractivity contribution in [3.63, 3.8) is 0 Å². The third-order valence-electron chi connectivity index (χ3n) is 5.39. The first kappa shape index (κ1) is 16.0. The van der Waals surface area contributed by atoms with E-state index in [1.165, 1.54) is 30.6 Å². The highest BCUT2D eigenvalue weighted by atomic mass is 32.1. The molecule has 1 amide bonds. The lowest BCUT2D eigenvalue weighted by Gasteiger charge is -2.38. The average Bonchev–Trinajstić information content (AvgIpc) is 3.17. The number of thiazole rings is 1. The number of hydrogen-bond donors (Lipinski definition) is 2. The van der Waals surface area contributed by atoms with Gasteiger partial charge in [-0.2, -0.15) is 0 Å². The molecule has 1 saturated heterocycles.